The summed E-state index contributed by atoms with van der Waals surface area (Å²) in [5.74, 6) is -5.02. The van der Waals surface area contributed by atoms with Gasteiger partial charge >= 0.3 is 12.1 Å². The second kappa shape index (κ2) is 10.8. The van der Waals surface area contributed by atoms with Gasteiger partial charge in [-0.3, -0.25) is 9.79 Å². The Morgan fingerprint density at radius 2 is 1.72 bits per heavy atom. The van der Waals surface area contributed by atoms with Crippen LogP contribution in [0.4, 0.5) is 17.6 Å². The first-order chi connectivity index (χ1) is 18.1. The Labute approximate surface area is 248 Å². The molecule has 1 heterocycles. The number of aliphatic imine (C=N–C) groups is 1. The molecule has 39 heavy (non-hydrogen) atoms. The second-order valence-corrected chi connectivity index (χ2v) is 13.1. The molecule has 0 saturated heterocycles. The van der Waals surface area contributed by atoms with Crippen molar-refractivity contribution in [3.63, 3.8) is 0 Å². The molecular formula is C28H27BrCl3F4NO2. The number of carbonyl (C=O) groups is 1. The minimum Gasteiger partial charge on any atom is -0.481 e. The fourth-order valence-corrected chi connectivity index (χ4v) is 7.72. The number of benzene rings is 2. The maximum absolute atomic E-state index is 15.4. The second-order valence-electron chi connectivity index (χ2n) is 11.0. The molecule has 0 spiro atoms. The van der Waals surface area contributed by atoms with Gasteiger partial charge in [0.25, 0.3) is 0 Å². The highest BCUT2D eigenvalue weighted by Gasteiger charge is 2.73. The van der Waals surface area contributed by atoms with E-state index in [-0.39, 0.29) is 42.9 Å². The lowest BCUT2D eigenvalue weighted by Gasteiger charge is -2.50. The first-order valence-corrected chi connectivity index (χ1v) is 14.5. The molecular weight excluding hydrogens is 645 g/mol. The van der Waals surface area contributed by atoms with Crippen LogP contribution in [0.15, 0.2) is 39.8 Å². The van der Waals surface area contributed by atoms with E-state index in [1.807, 2.05) is 20.8 Å². The average Bonchev–Trinajstić information content (AvgIpc) is 3.22. The Kier molecular flexibility index (Phi) is 8.48. The predicted octanol–water partition coefficient (Wildman–Crippen LogP) is 9.74. The van der Waals surface area contributed by atoms with Crippen molar-refractivity contribution in [3.05, 3.63) is 66.8 Å². The van der Waals surface area contributed by atoms with Crippen molar-refractivity contribution in [2.75, 3.05) is 0 Å². The molecule has 2 aromatic carbocycles. The van der Waals surface area contributed by atoms with Gasteiger partial charge in [-0.05, 0) is 87.8 Å². The van der Waals surface area contributed by atoms with Crippen molar-refractivity contribution < 1.29 is 27.5 Å². The molecule has 212 valence electrons. The van der Waals surface area contributed by atoms with Crippen molar-refractivity contribution in [3.8, 4) is 0 Å². The lowest BCUT2D eigenvalue weighted by molar-refractivity contribution is -0.198. The minimum absolute atomic E-state index is 0.00533. The molecule has 0 amide bonds. The number of halogens is 8. The van der Waals surface area contributed by atoms with Gasteiger partial charge in [0.15, 0.2) is 0 Å². The van der Waals surface area contributed by atoms with Crippen LogP contribution in [-0.2, 0) is 15.7 Å². The Bertz CT molecular complexity index is 1300. The summed E-state index contributed by atoms with van der Waals surface area (Å²) in [6.07, 6.45) is -2.40. The zero-order chi connectivity index (χ0) is 29.1. The third-order valence-corrected chi connectivity index (χ3v) is 10.3. The zero-order valence-electron chi connectivity index (χ0n) is 21.3. The summed E-state index contributed by atoms with van der Waals surface area (Å²) in [6.45, 7) is 5.96. The fraction of sp³-hybridized carbons (Fsp3) is 0.500. The first kappa shape index (κ1) is 30.6. The van der Waals surface area contributed by atoms with Gasteiger partial charge in [0.2, 0.25) is 0 Å². The number of hydrogen-bond acceptors (Lipinski definition) is 2. The molecule has 2 aliphatic rings. The van der Waals surface area contributed by atoms with Crippen molar-refractivity contribution in [1.29, 1.82) is 0 Å². The van der Waals surface area contributed by atoms with E-state index in [0.29, 0.717) is 19.1 Å². The van der Waals surface area contributed by atoms with E-state index in [2.05, 4.69) is 20.9 Å². The molecule has 0 aromatic heterocycles. The van der Waals surface area contributed by atoms with Crippen LogP contribution < -0.4 is 0 Å². The number of aliphatic carboxylic acids is 1. The zero-order valence-corrected chi connectivity index (χ0v) is 25.2. The van der Waals surface area contributed by atoms with Gasteiger partial charge in [-0.15, -0.1) is 0 Å². The van der Waals surface area contributed by atoms with E-state index in [0.717, 1.165) is 24.6 Å². The van der Waals surface area contributed by atoms with Crippen LogP contribution in [0.25, 0.3) is 0 Å². The number of nitrogens with zero attached hydrogens (tertiary/aromatic N) is 1. The summed E-state index contributed by atoms with van der Waals surface area (Å²) < 4.78 is 60.7. The quantitative estimate of drug-likeness (QED) is 0.254. The molecule has 6 atom stereocenters. The molecule has 1 saturated carbocycles. The Morgan fingerprint density at radius 1 is 1.10 bits per heavy atom. The summed E-state index contributed by atoms with van der Waals surface area (Å²) in [4.78, 5) is 17.8. The molecule has 4 rings (SSSR count). The standard InChI is InChI=1S/C28H27BrCl3F4NO2/c1-13(2)17-6-4-14(3)8-18(17)27(15-5-7-22(33)19(29)9-15)24(25(38)39)26(12-37-27,28(34,35)36)16-10-20(30)23(32)21(31)11-16/h5,7,9-14,17-18,24H,4,6,8H2,1-3H3,(H,38,39)/t14-,17?,18-,24?,26?,27+/m0/s1. The molecule has 0 radical (unpaired) electrons. The van der Waals surface area contributed by atoms with Crippen molar-refractivity contribution in [2.24, 2.45) is 34.6 Å². The van der Waals surface area contributed by atoms with Crippen molar-refractivity contribution in [1.82, 2.24) is 0 Å². The van der Waals surface area contributed by atoms with Gasteiger partial charge in [-0.2, -0.15) is 13.2 Å². The molecule has 1 N–H and O–H groups in total. The van der Waals surface area contributed by atoms with Crippen LogP contribution in [0.2, 0.25) is 15.1 Å². The maximum Gasteiger partial charge on any atom is 0.404 e. The summed E-state index contributed by atoms with van der Waals surface area (Å²) >= 11 is 21.5. The van der Waals surface area contributed by atoms with Gasteiger partial charge < -0.3 is 5.11 Å². The summed E-state index contributed by atoms with van der Waals surface area (Å²) in [7, 11) is 0. The summed E-state index contributed by atoms with van der Waals surface area (Å²) in [6, 6.07) is 5.83. The molecule has 11 heteroatoms. The topological polar surface area (TPSA) is 49.7 Å². The van der Waals surface area contributed by atoms with Crippen LogP contribution in [0.3, 0.4) is 0 Å². The highest BCUT2D eigenvalue weighted by atomic mass is 79.9. The van der Waals surface area contributed by atoms with Crippen LogP contribution in [0.5, 0.6) is 0 Å². The van der Waals surface area contributed by atoms with Crippen molar-refractivity contribution in [2.45, 2.75) is 57.2 Å². The molecule has 3 nitrogen and oxygen atoms in total. The van der Waals surface area contributed by atoms with Crippen LogP contribution in [-0.4, -0.2) is 23.5 Å². The number of rotatable bonds is 5. The van der Waals surface area contributed by atoms with E-state index in [9.17, 15) is 14.3 Å². The van der Waals surface area contributed by atoms with Gasteiger partial charge in [-0.25, -0.2) is 4.39 Å². The predicted molar refractivity (Wildman–Crippen MR) is 149 cm³/mol. The number of carboxylic acids is 1. The van der Waals surface area contributed by atoms with Crippen molar-refractivity contribution >= 4 is 62.9 Å². The van der Waals surface area contributed by atoms with E-state index in [4.69, 9.17) is 34.8 Å². The van der Waals surface area contributed by atoms with Gasteiger partial charge in [0, 0.05) is 6.21 Å². The van der Waals surface area contributed by atoms with E-state index < -0.39 is 46.3 Å². The minimum atomic E-state index is -5.12. The smallest absolute Gasteiger partial charge is 0.404 e. The average molecular weight is 672 g/mol. The normalized spacial score (nSPS) is 31.2. The summed E-state index contributed by atoms with van der Waals surface area (Å²) in [5, 5.41) is 10.1. The number of alkyl halides is 3. The van der Waals surface area contributed by atoms with Gasteiger partial charge in [-0.1, -0.05) is 68.1 Å². The third kappa shape index (κ3) is 4.91. The molecule has 1 aliphatic heterocycles. The molecule has 1 aliphatic carbocycles. The largest absolute Gasteiger partial charge is 0.481 e. The van der Waals surface area contributed by atoms with Crippen LogP contribution in [0.1, 0.15) is 51.2 Å². The van der Waals surface area contributed by atoms with E-state index in [1.165, 1.54) is 12.1 Å². The van der Waals surface area contributed by atoms with Crippen LogP contribution in [0, 0.1) is 35.4 Å². The number of hydrogen-bond donors (Lipinski definition) is 1. The lowest BCUT2D eigenvalue weighted by Crippen LogP contribution is -2.58. The van der Waals surface area contributed by atoms with Gasteiger partial charge in [0.05, 0.1) is 19.5 Å². The van der Waals surface area contributed by atoms with Gasteiger partial charge in [0.1, 0.15) is 22.7 Å². The Morgan fingerprint density at radius 3 is 2.23 bits per heavy atom. The maximum atomic E-state index is 15.4. The highest BCUT2D eigenvalue weighted by molar-refractivity contribution is 9.10. The van der Waals surface area contributed by atoms with Crippen LogP contribution >= 0.6 is 50.7 Å². The number of carboxylic acid groups (broad SMARTS) is 1. The van der Waals surface area contributed by atoms with E-state index in [1.54, 1.807) is 0 Å². The molecule has 3 unspecified atom stereocenters. The first-order valence-electron chi connectivity index (χ1n) is 12.5. The SMILES string of the molecule is CC(C)C1CC[C@H](C)C[C@@H]1[C@@]1(c2ccc(F)c(Br)c2)N=CC(c2cc(Cl)c(Cl)c(Cl)c2)(C(F)(F)F)C1C(=O)O. The molecule has 2 aromatic rings. The monoisotopic (exact) mass is 669 g/mol. The van der Waals surface area contributed by atoms with E-state index >= 15 is 13.2 Å². The fourth-order valence-electron chi connectivity index (χ4n) is 6.74. The molecule has 1 fully saturated rings. The Hall–Kier alpha value is -1.35. The Balaban J connectivity index is 2.12. The molecule has 0 bridgehead atoms. The lowest BCUT2D eigenvalue weighted by atomic mass is 9.53. The summed E-state index contributed by atoms with van der Waals surface area (Å²) in [5.41, 5.74) is -5.25. The highest BCUT2D eigenvalue weighted by Crippen LogP contribution is 2.63. The third-order valence-electron chi connectivity index (χ3n) is 8.52.